The summed E-state index contributed by atoms with van der Waals surface area (Å²) in [7, 11) is 0. The Bertz CT molecular complexity index is 857. The van der Waals surface area contributed by atoms with Crippen LogP contribution in [0.2, 0.25) is 0 Å². The van der Waals surface area contributed by atoms with Crippen LogP contribution in [0.1, 0.15) is 40.3 Å². The Morgan fingerprint density at radius 1 is 1.21 bits per heavy atom. The lowest BCUT2D eigenvalue weighted by Crippen LogP contribution is -2.21. The van der Waals surface area contributed by atoms with E-state index in [1.165, 1.54) is 12.1 Å². The molecule has 0 saturated carbocycles. The molecule has 1 aromatic carbocycles. The van der Waals surface area contributed by atoms with E-state index in [2.05, 4.69) is 15.0 Å². The first-order valence-corrected chi connectivity index (χ1v) is 8.18. The number of aliphatic hydroxyl groups is 1. The third-order valence-corrected chi connectivity index (χ3v) is 3.82. The molecular formula is C18H19F3N2O5. The molecule has 0 fully saturated rings. The minimum absolute atomic E-state index is 0.134. The smallest absolute Gasteiger partial charge is 0.451 e. The fourth-order valence-corrected chi connectivity index (χ4v) is 2.74. The van der Waals surface area contributed by atoms with Gasteiger partial charge in [-0.3, -0.25) is 4.79 Å². The van der Waals surface area contributed by atoms with Crippen LogP contribution < -0.4 is 10.1 Å². The predicted octanol–water partition coefficient (Wildman–Crippen LogP) is 3.38. The van der Waals surface area contributed by atoms with E-state index in [9.17, 15) is 27.9 Å². The van der Waals surface area contributed by atoms with E-state index in [0.717, 1.165) is 12.1 Å². The second kappa shape index (κ2) is 8.34. The Labute approximate surface area is 158 Å². The van der Waals surface area contributed by atoms with Crippen LogP contribution >= 0.6 is 0 Å². The number of halogens is 3. The predicted molar refractivity (Wildman–Crippen MR) is 92.9 cm³/mol. The van der Waals surface area contributed by atoms with Crippen molar-refractivity contribution < 1.29 is 37.3 Å². The summed E-state index contributed by atoms with van der Waals surface area (Å²) in [6.45, 7) is 4.31. The number of aryl methyl sites for hydroxylation is 1. The highest BCUT2D eigenvalue weighted by atomic mass is 19.4. The normalized spacial score (nSPS) is 12.4. The largest absolute Gasteiger partial charge is 0.573 e. The molecule has 0 aliphatic carbocycles. The van der Waals surface area contributed by atoms with Crippen LogP contribution in [0.15, 0.2) is 24.3 Å². The Balaban J connectivity index is 1.92. The topological polar surface area (TPSA) is 101 Å². The molecule has 3 N–H and O–H groups in total. The number of esters is 1. The maximum atomic E-state index is 12.1. The lowest BCUT2D eigenvalue weighted by molar-refractivity contribution is -0.274. The first-order chi connectivity index (χ1) is 13.0. The number of carbonyl (C=O) groups is 2. The van der Waals surface area contributed by atoms with Gasteiger partial charge in [-0.2, -0.15) is 0 Å². The molecule has 2 aromatic rings. The molecule has 0 aliphatic heterocycles. The minimum atomic E-state index is -4.80. The average molecular weight is 400 g/mol. The molecule has 1 heterocycles. The number of aliphatic hydroxyl groups excluding tert-OH is 1. The Morgan fingerprint density at radius 2 is 1.82 bits per heavy atom. The monoisotopic (exact) mass is 400 g/mol. The van der Waals surface area contributed by atoms with E-state index < -0.39 is 36.7 Å². The van der Waals surface area contributed by atoms with Gasteiger partial charge in [0.25, 0.3) is 5.91 Å². The lowest BCUT2D eigenvalue weighted by atomic mass is 10.1. The van der Waals surface area contributed by atoms with Gasteiger partial charge in [0.1, 0.15) is 11.4 Å². The van der Waals surface area contributed by atoms with Crippen molar-refractivity contribution in [2.75, 3.05) is 11.9 Å². The maximum Gasteiger partial charge on any atom is 0.573 e. The van der Waals surface area contributed by atoms with Gasteiger partial charge in [0.05, 0.1) is 6.10 Å². The molecule has 10 heteroatoms. The van der Waals surface area contributed by atoms with Crippen molar-refractivity contribution in [2.45, 2.75) is 33.2 Å². The van der Waals surface area contributed by atoms with E-state index in [4.69, 9.17) is 4.74 Å². The van der Waals surface area contributed by atoms with Crippen molar-refractivity contribution >= 4 is 17.6 Å². The summed E-state index contributed by atoms with van der Waals surface area (Å²) in [5.41, 5.74) is 2.06. The van der Waals surface area contributed by atoms with E-state index in [1.807, 2.05) is 0 Å². The van der Waals surface area contributed by atoms with Crippen LogP contribution in [-0.2, 0) is 9.53 Å². The Kier molecular flexibility index (Phi) is 6.34. The van der Waals surface area contributed by atoms with Gasteiger partial charge in [0.2, 0.25) is 0 Å². The number of rotatable bonds is 6. The minimum Gasteiger partial charge on any atom is -0.451 e. The number of anilines is 1. The van der Waals surface area contributed by atoms with Crippen LogP contribution in [0.3, 0.4) is 0 Å². The highest BCUT2D eigenvalue weighted by Crippen LogP contribution is 2.25. The van der Waals surface area contributed by atoms with Gasteiger partial charge >= 0.3 is 12.3 Å². The zero-order chi connectivity index (χ0) is 21.1. The van der Waals surface area contributed by atoms with Crippen molar-refractivity contribution in [3.63, 3.8) is 0 Å². The summed E-state index contributed by atoms with van der Waals surface area (Å²) in [6, 6.07) is 4.51. The first kappa shape index (κ1) is 21.3. The molecule has 0 unspecified atom stereocenters. The number of carbonyl (C=O) groups excluding carboxylic acids is 2. The van der Waals surface area contributed by atoms with Gasteiger partial charge in [0.15, 0.2) is 6.61 Å². The molecular weight excluding hydrogens is 381 g/mol. The van der Waals surface area contributed by atoms with Crippen molar-refractivity contribution in [3.05, 3.63) is 46.8 Å². The first-order valence-electron chi connectivity index (χ1n) is 8.18. The molecule has 0 saturated heterocycles. The zero-order valence-corrected chi connectivity index (χ0v) is 15.3. The van der Waals surface area contributed by atoms with Crippen molar-refractivity contribution in [1.82, 2.24) is 4.98 Å². The SMILES string of the molecule is Cc1[nH]c(C(=O)OCC(=O)Nc2ccc(OC(F)(F)F)cc2)c(C)c1[C@@H](C)O. The van der Waals surface area contributed by atoms with E-state index in [1.54, 1.807) is 20.8 Å². The number of aromatic amines is 1. The van der Waals surface area contributed by atoms with Gasteiger partial charge in [-0.25, -0.2) is 4.79 Å². The van der Waals surface area contributed by atoms with Gasteiger partial charge in [-0.1, -0.05) is 0 Å². The number of benzene rings is 1. The van der Waals surface area contributed by atoms with Crippen LogP contribution in [0.4, 0.5) is 18.9 Å². The molecule has 0 radical (unpaired) electrons. The van der Waals surface area contributed by atoms with Crippen LogP contribution in [0, 0.1) is 13.8 Å². The van der Waals surface area contributed by atoms with Crippen LogP contribution in [0.25, 0.3) is 0 Å². The summed E-state index contributed by atoms with van der Waals surface area (Å²) < 4.78 is 45.0. The summed E-state index contributed by atoms with van der Waals surface area (Å²) in [6.07, 6.45) is -5.58. The lowest BCUT2D eigenvalue weighted by Gasteiger charge is -2.10. The zero-order valence-electron chi connectivity index (χ0n) is 15.3. The molecule has 2 rings (SSSR count). The summed E-state index contributed by atoms with van der Waals surface area (Å²) >= 11 is 0. The number of H-pyrrole nitrogens is 1. The molecule has 7 nitrogen and oxygen atoms in total. The average Bonchev–Trinajstić information content (AvgIpc) is 2.88. The van der Waals surface area contributed by atoms with Gasteiger partial charge in [-0.15, -0.1) is 13.2 Å². The summed E-state index contributed by atoms with van der Waals surface area (Å²) in [4.78, 5) is 26.8. The molecule has 152 valence electrons. The molecule has 0 aliphatic rings. The fraction of sp³-hybridized carbons (Fsp3) is 0.333. The van der Waals surface area contributed by atoms with E-state index in [-0.39, 0.29) is 11.4 Å². The number of alkyl halides is 3. The second-order valence-electron chi connectivity index (χ2n) is 6.04. The van der Waals surface area contributed by atoms with Crippen molar-refractivity contribution in [1.29, 1.82) is 0 Å². The summed E-state index contributed by atoms with van der Waals surface area (Å²) in [5, 5.41) is 12.1. The second-order valence-corrected chi connectivity index (χ2v) is 6.04. The number of ether oxygens (including phenoxy) is 2. The molecule has 0 spiro atoms. The van der Waals surface area contributed by atoms with E-state index >= 15 is 0 Å². The maximum absolute atomic E-state index is 12.1. The molecule has 1 aromatic heterocycles. The molecule has 1 atom stereocenters. The molecule has 28 heavy (non-hydrogen) atoms. The van der Waals surface area contributed by atoms with Gasteiger partial charge < -0.3 is 24.9 Å². The third kappa shape index (κ3) is 5.49. The van der Waals surface area contributed by atoms with Gasteiger partial charge in [0, 0.05) is 16.9 Å². The number of hydrogen-bond donors (Lipinski definition) is 3. The fourth-order valence-electron chi connectivity index (χ4n) is 2.74. The van der Waals surface area contributed by atoms with Crippen LogP contribution in [0.5, 0.6) is 5.75 Å². The Hall–Kier alpha value is -3.01. The highest BCUT2D eigenvalue weighted by molar-refractivity contribution is 5.95. The molecule has 1 amide bonds. The summed E-state index contributed by atoms with van der Waals surface area (Å²) in [5.74, 6) is -1.87. The quantitative estimate of drug-likeness (QED) is 0.646. The number of amides is 1. The number of nitrogens with one attached hydrogen (secondary N) is 2. The number of aromatic nitrogens is 1. The highest BCUT2D eigenvalue weighted by Gasteiger charge is 2.31. The van der Waals surface area contributed by atoms with Crippen molar-refractivity contribution in [3.8, 4) is 5.75 Å². The molecule has 0 bridgehead atoms. The standard InChI is InChI=1S/C18H19F3N2O5/c1-9-15(11(3)24)10(2)22-16(9)17(26)27-8-14(25)23-12-4-6-13(7-5-12)28-18(19,20)21/h4-7,11,22,24H,8H2,1-3H3,(H,23,25)/t11-/m1/s1. The number of hydrogen-bond acceptors (Lipinski definition) is 5. The van der Waals surface area contributed by atoms with Gasteiger partial charge in [-0.05, 0) is 50.6 Å². The van der Waals surface area contributed by atoms with Crippen LogP contribution in [-0.4, -0.2) is 34.9 Å². The third-order valence-electron chi connectivity index (χ3n) is 3.82. The van der Waals surface area contributed by atoms with Crippen molar-refractivity contribution in [2.24, 2.45) is 0 Å². The Morgan fingerprint density at radius 3 is 2.32 bits per heavy atom. The van der Waals surface area contributed by atoms with E-state index in [0.29, 0.717) is 16.8 Å².